The van der Waals surface area contributed by atoms with Crippen LogP contribution in [0.15, 0.2) is 42.5 Å². The van der Waals surface area contributed by atoms with Gasteiger partial charge in [-0.25, -0.2) is 0 Å². The lowest BCUT2D eigenvalue weighted by atomic mass is 10.1. The summed E-state index contributed by atoms with van der Waals surface area (Å²) in [6.45, 7) is 6.88. The minimum Gasteiger partial charge on any atom is -0.483 e. The van der Waals surface area contributed by atoms with Crippen molar-refractivity contribution >= 4 is 29.1 Å². The molecule has 0 radical (unpaired) electrons. The molecule has 2 aromatic rings. The smallest absolute Gasteiger partial charge is 0.262 e. The van der Waals surface area contributed by atoms with Gasteiger partial charge in [0.1, 0.15) is 5.75 Å². The zero-order valence-electron chi connectivity index (χ0n) is 15.2. The van der Waals surface area contributed by atoms with Gasteiger partial charge in [-0.2, -0.15) is 0 Å². The minimum absolute atomic E-state index is 0.0564. The maximum atomic E-state index is 12.4. The van der Waals surface area contributed by atoms with E-state index in [1.165, 1.54) is 0 Å². The molecular weight excluding hydrogens is 352 g/mol. The van der Waals surface area contributed by atoms with E-state index >= 15 is 0 Å². The lowest BCUT2D eigenvalue weighted by molar-refractivity contribution is -0.118. The Balaban J connectivity index is 1.98. The van der Waals surface area contributed by atoms with Gasteiger partial charge in [0.25, 0.3) is 11.8 Å². The first kappa shape index (κ1) is 19.8. The van der Waals surface area contributed by atoms with Crippen LogP contribution in [0.4, 0.5) is 5.69 Å². The zero-order valence-corrected chi connectivity index (χ0v) is 16.0. The largest absolute Gasteiger partial charge is 0.483 e. The van der Waals surface area contributed by atoms with E-state index in [4.69, 9.17) is 16.3 Å². The van der Waals surface area contributed by atoms with Crippen molar-refractivity contribution in [3.05, 3.63) is 58.6 Å². The molecule has 0 spiro atoms. The molecule has 0 unspecified atom stereocenters. The van der Waals surface area contributed by atoms with Crippen LogP contribution in [0.25, 0.3) is 0 Å². The van der Waals surface area contributed by atoms with Gasteiger partial charge in [0, 0.05) is 29.4 Å². The summed E-state index contributed by atoms with van der Waals surface area (Å²) >= 11 is 5.90. The number of carbonyl (C=O) groups excluding carboxylic acids is 2. The Labute approximate surface area is 158 Å². The third kappa shape index (κ3) is 5.23. The first-order chi connectivity index (χ1) is 12.4. The molecule has 0 aliphatic rings. The molecule has 0 atom stereocenters. The first-order valence-corrected chi connectivity index (χ1v) is 8.90. The number of ether oxygens (including phenoxy) is 1. The Hall–Kier alpha value is -2.53. The Morgan fingerprint density at radius 3 is 2.50 bits per heavy atom. The van der Waals surface area contributed by atoms with Gasteiger partial charge in [0.2, 0.25) is 0 Å². The lowest BCUT2D eigenvalue weighted by Crippen LogP contribution is -2.30. The number of anilines is 1. The average molecular weight is 375 g/mol. The van der Waals surface area contributed by atoms with Crippen LogP contribution in [0, 0.1) is 6.92 Å². The Morgan fingerprint density at radius 1 is 1.12 bits per heavy atom. The Bertz CT molecular complexity index is 788. The predicted octanol–water partition coefficient (Wildman–Crippen LogP) is 4.15. The third-order valence-corrected chi connectivity index (χ3v) is 4.17. The van der Waals surface area contributed by atoms with E-state index in [9.17, 15) is 9.59 Å². The van der Waals surface area contributed by atoms with Crippen LogP contribution in [-0.2, 0) is 4.79 Å². The quantitative estimate of drug-likeness (QED) is 0.792. The van der Waals surface area contributed by atoms with Crippen LogP contribution < -0.4 is 10.1 Å². The Morgan fingerprint density at radius 2 is 1.85 bits per heavy atom. The van der Waals surface area contributed by atoms with E-state index in [0.29, 0.717) is 35.1 Å². The summed E-state index contributed by atoms with van der Waals surface area (Å²) in [5.41, 5.74) is 1.96. The number of nitrogens with one attached hydrogen (secondary N) is 1. The molecule has 5 nitrogen and oxygen atoms in total. The molecule has 138 valence electrons. The predicted molar refractivity (Wildman–Crippen MR) is 104 cm³/mol. The van der Waals surface area contributed by atoms with Crippen molar-refractivity contribution in [1.82, 2.24) is 4.90 Å². The van der Waals surface area contributed by atoms with Crippen molar-refractivity contribution < 1.29 is 14.3 Å². The molecule has 0 saturated carbocycles. The molecule has 1 N–H and O–H groups in total. The van der Waals surface area contributed by atoms with Crippen LogP contribution in [0.5, 0.6) is 5.75 Å². The average Bonchev–Trinajstić information content (AvgIpc) is 2.62. The van der Waals surface area contributed by atoms with E-state index in [-0.39, 0.29) is 18.4 Å². The van der Waals surface area contributed by atoms with Gasteiger partial charge in [-0.15, -0.1) is 0 Å². The van der Waals surface area contributed by atoms with Gasteiger partial charge in [-0.3, -0.25) is 9.59 Å². The lowest BCUT2D eigenvalue weighted by Gasteiger charge is -2.19. The maximum Gasteiger partial charge on any atom is 0.262 e. The highest BCUT2D eigenvalue weighted by molar-refractivity contribution is 6.30. The molecule has 0 bridgehead atoms. The summed E-state index contributed by atoms with van der Waals surface area (Å²) < 4.78 is 5.53. The summed E-state index contributed by atoms with van der Waals surface area (Å²) in [7, 11) is 0. The molecule has 0 aliphatic carbocycles. The first-order valence-electron chi connectivity index (χ1n) is 8.52. The fourth-order valence-corrected chi connectivity index (χ4v) is 2.77. The van der Waals surface area contributed by atoms with Crippen molar-refractivity contribution in [2.45, 2.75) is 20.8 Å². The highest BCUT2D eigenvalue weighted by Crippen LogP contribution is 2.21. The second-order valence-electron chi connectivity index (χ2n) is 5.80. The van der Waals surface area contributed by atoms with E-state index in [1.807, 2.05) is 20.8 Å². The molecule has 26 heavy (non-hydrogen) atoms. The van der Waals surface area contributed by atoms with Crippen LogP contribution >= 0.6 is 11.6 Å². The number of aryl methyl sites for hydroxylation is 1. The molecule has 2 rings (SSSR count). The summed E-state index contributed by atoms with van der Waals surface area (Å²) in [6.07, 6.45) is 0. The number of benzene rings is 2. The van der Waals surface area contributed by atoms with Crippen molar-refractivity contribution in [2.24, 2.45) is 0 Å². The molecule has 0 aliphatic heterocycles. The van der Waals surface area contributed by atoms with E-state index in [2.05, 4.69) is 5.32 Å². The molecule has 2 amide bonds. The van der Waals surface area contributed by atoms with Gasteiger partial charge in [0.05, 0.1) is 0 Å². The molecule has 0 aromatic heterocycles. The molecule has 0 saturated heterocycles. The molecule has 0 fully saturated rings. The standard InChI is InChI=1S/C20H23ClN2O3/c1-4-23(5-2)20(25)15-7-6-8-17(12-15)22-19(24)13-26-18-10-9-16(21)11-14(18)3/h6-12H,4-5,13H2,1-3H3,(H,22,24). The van der Waals surface area contributed by atoms with Crippen LogP contribution in [0.1, 0.15) is 29.8 Å². The van der Waals surface area contributed by atoms with Gasteiger partial charge < -0.3 is 15.0 Å². The SMILES string of the molecule is CCN(CC)C(=O)c1cccc(NC(=O)COc2ccc(Cl)cc2C)c1. The molecule has 0 heterocycles. The molecule has 2 aromatic carbocycles. The third-order valence-electron chi connectivity index (χ3n) is 3.94. The number of nitrogens with zero attached hydrogens (tertiary/aromatic N) is 1. The number of amides is 2. The number of hydrogen-bond donors (Lipinski definition) is 1. The fourth-order valence-electron chi connectivity index (χ4n) is 2.54. The monoisotopic (exact) mass is 374 g/mol. The molecule has 6 heteroatoms. The highest BCUT2D eigenvalue weighted by Gasteiger charge is 2.13. The summed E-state index contributed by atoms with van der Waals surface area (Å²) in [4.78, 5) is 26.3. The van der Waals surface area contributed by atoms with Gasteiger partial charge in [-0.1, -0.05) is 17.7 Å². The number of halogens is 1. The fraction of sp³-hybridized carbons (Fsp3) is 0.300. The van der Waals surface area contributed by atoms with E-state index < -0.39 is 0 Å². The van der Waals surface area contributed by atoms with Crippen LogP contribution in [0.2, 0.25) is 5.02 Å². The summed E-state index contributed by atoms with van der Waals surface area (Å²) in [5.74, 6) is 0.251. The maximum absolute atomic E-state index is 12.4. The van der Waals surface area contributed by atoms with Crippen molar-refractivity contribution in [2.75, 3.05) is 25.0 Å². The van der Waals surface area contributed by atoms with Crippen molar-refractivity contribution in [1.29, 1.82) is 0 Å². The second kappa shape index (κ2) is 9.25. The Kier molecular flexibility index (Phi) is 7.04. The summed E-state index contributed by atoms with van der Waals surface area (Å²) in [6, 6.07) is 12.1. The summed E-state index contributed by atoms with van der Waals surface area (Å²) in [5, 5.41) is 3.37. The number of hydrogen-bond acceptors (Lipinski definition) is 3. The van der Waals surface area contributed by atoms with Crippen LogP contribution in [-0.4, -0.2) is 36.4 Å². The van der Waals surface area contributed by atoms with Crippen molar-refractivity contribution in [3.8, 4) is 5.75 Å². The van der Waals surface area contributed by atoms with Gasteiger partial charge in [0.15, 0.2) is 6.61 Å². The second-order valence-corrected chi connectivity index (χ2v) is 6.24. The normalized spacial score (nSPS) is 10.3. The molecular formula is C20H23ClN2O3. The van der Waals surface area contributed by atoms with E-state index in [0.717, 1.165) is 5.56 Å². The van der Waals surface area contributed by atoms with Gasteiger partial charge in [-0.05, 0) is 62.7 Å². The van der Waals surface area contributed by atoms with Gasteiger partial charge >= 0.3 is 0 Å². The minimum atomic E-state index is -0.299. The van der Waals surface area contributed by atoms with E-state index in [1.54, 1.807) is 47.4 Å². The van der Waals surface area contributed by atoms with Crippen molar-refractivity contribution in [3.63, 3.8) is 0 Å². The topological polar surface area (TPSA) is 58.6 Å². The number of carbonyl (C=O) groups is 2. The number of rotatable bonds is 7. The zero-order chi connectivity index (χ0) is 19.1. The van der Waals surface area contributed by atoms with Crippen LogP contribution in [0.3, 0.4) is 0 Å². The highest BCUT2D eigenvalue weighted by atomic mass is 35.5.